The predicted molar refractivity (Wildman–Crippen MR) is 149 cm³/mol. The molecular formula is C33H44O8. The number of rotatable bonds is 7. The highest BCUT2D eigenvalue weighted by atomic mass is 16.5. The van der Waals surface area contributed by atoms with Gasteiger partial charge in [0.1, 0.15) is 23.6 Å². The summed E-state index contributed by atoms with van der Waals surface area (Å²) >= 11 is 0. The van der Waals surface area contributed by atoms with E-state index in [1.807, 2.05) is 34.6 Å². The summed E-state index contributed by atoms with van der Waals surface area (Å²) in [6, 6.07) is 0. The lowest BCUT2D eigenvalue weighted by molar-refractivity contribution is -0.179. The number of ketones is 5. The van der Waals surface area contributed by atoms with E-state index in [-0.39, 0.29) is 72.3 Å². The van der Waals surface area contributed by atoms with Crippen LogP contribution >= 0.6 is 0 Å². The van der Waals surface area contributed by atoms with E-state index in [0.29, 0.717) is 6.42 Å². The maximum atomic E-state index is 14.7. The van der Waals surface area contributed by atoms with E-state index in [2.05, 4.69) is 0 Å². The molecule has 0 radical (unpaired) electrons. The van der Waals surface area contributed by atoms with Crippen LogP contribution in [0.4, 0.5) is 0 Å². The molecule has 4 aliphatic rings. The summed E-state index contributed by atoms with van der Waals surface area (Å²) in [5.41, 5.74) is -4.95. The molecule has 0 aromatic heterocycles. The van der Waals surface area contributed by atoms with Crippen LogP contribution in [0.1, 0.15) is 101 Å². The van der Waals surface area contributed by atoms with Crippen molar-refractivity contribution in [2.75, 3.05) is 0 Å². The number of allylic oxidation sites excluding steroid dienone is 1. The minimum atomic E-state index is -1.43. The topological polar surface area (TPSA) is 129 Å². The van der Waals surface area contributed by atoms with Crippen LogP contribution in [0, 0.1) is 44.8 Å². The monoisotopic (exact) mass is 568 g/mol. The average molecular weight is 569 g/mol. The SMILES string of the molecule is CC(=O)O[C@@H]1C(=O)C2=C(C(=O)C[C@@]3(C)C(C)(C)C(=O)CC[C@]23C)[C@]2(C)C(=O)C[C@H]([C@H](C)CC(=O)CC(C)C=O)[C@@]12C. The molecule has 41 heavy (non-hydrogen) atoms. The first-order valence-corrected chi connectivity index (χ1v) is 14.8. The van der Waals surface area contributed by atoms with E-state index in [1.54, 1.807) is 20.8 Å². The first-order valence-electron chi connectivity index (χ1n) is 14.8. The number of Topliss-reactive ketones (excluding diaryl/α,β-unsaturated/α-hetero) is 5. The number of aldehydes is 1. The Kier molecular flexibility index (Phi) is 7.32. The molecule has 0 saturated heterocycles. The van der Waals surface area contributed by atoms with Crippen LogP contribution in [0.15, 0.2) is 11.1 Å². The van der Waals surface area contributed by atoms with Crippen molar-refractivity contribution >= 4 is 41.2 Å². The lowest BCUT2D eigenvalue weighted by Gasteiger charge is -2.64. The molecule has 2 fully saturated rings. The first-order chi connectivity index (χ1) is 18.7. The Labute approximate surface area is 242 Å². The molecule has 224 valence electrons. The van der Waals surface area contributed by atoms with E-state index >= 15 is 0 Å². The third kappa shape index (κ3) is 3.87. The van der Waals surface area contributed by atoms with Gasteiger partial charge < -0.3 is 9.53 Å². The lowest BCUT2D eigenvalue weighted by atomic mass is 9.37. The Morgan fingerprint density at radius 1 is 0.951 bits per heavy atom. The van der Waals surface area contributed by atoms with Gasteiger partial charge in [-0.15, -0.1) is 0 Å². The second-order valence-electron chi connectivity index (χ2n) is 14.6. The Morgan fingerprint density at radius 3 is 2.12 bits per heavy atom. The van der Waals surface area contributed by atoms with Crippen molar-refractivity contribution in [3.63, 3.8) is 0 Å². The largest absolute Gasteiger partial charge is 0.454 e. The van der Waals surface area contributed by atoms with Gasteiger partial charge in [-0.2, -0.15) is 0 Å². The number of esters is 1. The van der Waals surface area contributed by atoms with Crippen LogP contribution < -0.4 is 0 Å². The van der Waals surface area contributed by atoms with Crippen molar-refractivity contribution in [3.8, 4) is 0 Å². The standard InChI is InChI=1S/C33H44O8/c1-17(16-34)12-20(36)13-18(2)21-14-24(39)33(9)25-22(37)15-31(7)29(4,5)23(38)10-11-30(31,6)26(25)27(40)28(32(21,33)8)41-19(3)35/h16-18,21,28H,10-15H2,1-9H3/t17?,18-,21-,28-,30-,31+,32+,33+/m1/s1. The van der Waals surface area contributed by atoms with Gasteiger partial charge in [0.15, 0.2) is 11.9 Å². The second-order valence-corrected chi connectivity index (χ2v) is 14.6. The van der Waals surface area contributed by atoms with E-state index < -0.39 is 56.8 Å². The molecule has 4 aliphatic carbocycles. The van der Waals surface area contributed by atoms with Gasteiger partial charge >= 0.3 is 5.97 Å². The zero-order valence-electron chi connectivity index (χ0n) is 25.9. The summed E-state index contributed by atoms with van der Waals surface area (Å²) in [4.78, 5) is 92.8. The minimum Gasteiger partial charge on any atom is -0.454 e. The van der Waals surface area contributed by atoms with Crippen LogP contribution in [0.5, 0.6) is 0 Å². The predicted octanol–water partition coefficient (Wildman–Crippen LogP) is 4.59. The first kappa shape index (κ1) is 31.2. The van der Waals surface area contributed by atoms with Crippen LogP contribution in [-0.4, -0.2) is 47.3 Å². The fourth-order valence-electron chi connectivity index (χ4n) is 9.20. The van der Waals surface area contributed by atoms with Crippen molar-refractivity contribution in [2.24, 2.45) is 44.8 Å². The third-order valence-electron chi connectivity index (χ3n) is 12.4. The van der Waals surface area contributed by atoms with Crippen LogP contribution in [0.25, 0.3) is 0 Å². The molecule has 4 rings (SSSR count). The van der Waals surface area contributed by atoms with Gasteiger partial charge in [0, 0.05) is 72.3 Å². The van der Waals surface area contributed by atoms with Gasteiger partial charge in [0.25, 0.3) is 0 Å². The molecular weight excluding hydrogens is 524 g/mol. The summed E-state index contributed by atoms with van der Waals surface area (Å²) in [6.45, 7) is 15.7. The van der Waals surface area contributed by atoms with Crippen molar-refractivity contribution < 1.29 is 38.3 Å². The average Bonchev–Trinajstić information content (AvgIpc) is 3.08. The second kappa shape index (κ2) is 9.63. The van der Waals surface area contributed by atoms with Gasteiger partial charge in [0.2, 0.25) is 5.78 Å². The van der Waals surface area contributed by atoms with E-state index in [4.69, 9.17) is 4.74 Å². The molecule has 0 amide bonds. The molecule has 0 N–H and O–H groups in total. The van der Waals surface area contributed by atoms with Crippen molar-refractivity contribution in [1.82, 2.24) is 0 Å². The molecule has 0 spiro atoms. The number of ether oxygens (including phenoxy) is 1. The highest BCUT2D eigenvalue weighted by molar-refractivity contribution is 6.18. The third-order valence-corrected chi connectivity index (χ3v) is 12.4. The number of carbonyl (C=O) groups excluding carboxylic acids is 7. The molecule has 0 aromatic carbocycles. The number of carbonyl (C=O) groups is 7. The fourth-order valence-corrected chi connectivity index (χ4v) is 9.20. The summed E-state index contributed by atoms with van der Waals surface area (Å²) < 4.78 is 5.83. The molecule has 0 aromatic rings. The van der Waals surface area contributed by atoms with Crippen molar-refractivity contribution in [3.05, 3.63) is 11.1 Å². The summed E-state index contributed by atoms with van der Waals surface area (Å²) in [5.74, 6) is -3.12. The van der Waals surface area contributed by atoms with Crippen LogP contribution in [0.3, 0.4) is 0 Å². The number of hydrogen-bond donors (Lipinski definition) is 0. The lowest BCUT2D eigenvalue weighted by Crippen LogP contribution is -2.67. The number of fused-ring (bicyclic) bond motifs is 4. The summed E-state index contributed by atoms with van der Waals surface area (Å²) in [6.07, 6.45) is 0.195. The summed E-state index contributed by atoms with van der Waals surface area (Å²) in [7, 11) is 0. The van der Waals surface area contributed by atoms with Crippen molar-refractivity contribution in [1.29, 1.82) is 0 Å². The molecule has 0 heterocycles. The van der Waals surface area contributed by atoms with E-state index in [0.717, 1.165) is 6.29 Å². The zero-order chi connectivity index (χ0) is 31.1. The normalized spacial score (nSPS) is 39.4. The summed E-state index contributed by atoms with van der Waals surface area (Å²) in [5, 5.41) is 0. The Morgan fingerprint density at radius 2 is 1.56 bits per heavy atom. The number of hydrogen-bond acceptors (Lipinski definition) is 8. The van der Waals surface area contributed by atoms with Crippen LogP contribution in [0.2, 0.25) is 0 Å². The van der Waals surface area contributed by atoms with Gasteiger partial charge in [-0.25, -0.2) is 0 Å². The Bertz CT molecular complexity index is 1300. The highest BCUT2D eigenvalue weighted by Crippen LogP contribution is 2.73. The fraction of sp³-hybridized carbons (Fsp3) is 0.727. The van der Waals surface area contributed by atoms with Crippen molar-refractivity contribution in [2.45, 2.75) is 107 Å². The van der Waals surface area contributed by atoms with E-state index in [9.17, 15) is 33.6 Å². The molecule has 8 heteroatoms. The molecule has 2 saturated carbocycles. The quantitative estimate of drug-likeness (QED) is 0.322. The molecule has 8 atom stereocenters. The van der Waals surface area contributed by atoms with E-state index in [1.165, 1.54) is 6.92 Å². The zero-order valence-corrected chi connectivity index (χ0v) is 25.9. The molecule has 0 aliphatic heterocycles. The molecule has 8 nitrogen and oxygen atoms in total. The van der Waals surface area contributed by atoms with Crippen LogP contribution in [-0.2, 0) is 38.3 Å². The maximum Gasteiger partial charge on any atom is 0.303 e. The van der Waals surface area contributed by atoms with Gasteiger partial charge in [-0.1, -0.05) is 48.5 Å². The van der Waals surface area contributed by atoms with Gasteiger partial charge in [-0.3, -0.25) is 28.8 Å². The van der Waals surface area contributed by atoms with Gasteiger partial charge in [0.05, 0.1) is 5.41 Å². The molecule has 1 unspecified atom stereocenters. The Hall–Kier alpha value is -2.77. The van der Waals surface area contributed by atoms with Gasteiger partial charge in [-0.05, 0) is 30.6 Å². The molecule has 0 bridgehead atoms. The smallest absolute Gasteiger partial charge is 0.303 e. The maximum absolute atomic E-state index is 14.7. The highest BCUT2D eigenvalue weighted by Gasteiger charge is 2.76. The Balaban J connectivity index is 1.95. The minimum absolute atomic E-state index is 0.0217.